The van der Waals surface area contributed by atoms with Crippen molar-refractivity contribution in [1.82, 2.24) is 4.98 Å². The number of thiazole rings is 1. The molecule has 0 unspecified atom stereocenters. The molecule has 4 amide bonds. The van der Waals surface area contributed by atoms with Crippen LogP contribution >= 0.6 is 11.3 Å². The van der Waals surface area contributed by atoms with Crippen LogP contribution in [0.5, 0.6) is 0 Å². The average Bonchev–Trinajstić information content (AvgIpc) is 3.14. The lowest BCUT2D eigenvalue weighted by atomic mass is 10.2. The van der Waals surface area contributed by atoms with Crippen LogP contribution in [0.3, 0.4) is 0 Å². The molecule has 0 aliphatic heterocycles. The second-order valence-electron chi connectivity index (χ2n) is 6.40. The molecule has 3 aromatic rings. The molecule has 0 atom stereocenters. The first-order valence-electron chi connectivity index (χ1n) is 9.23. The van der Waals surface area contributed by atoms with Crippen LogP contribution in [-0.2, 0) is 16.0 Å². The molecule has 0 spiro atoms. The van der Waals surface area contributed by atoms with Gasteiger partial charge in [-0.1, -0.05) is 24.3 Å². The molecule has 4 N–H and O–H groups in total. The normalized spacial score (nSPS) is 10.2. The van der Waals surface area contributed by atoms with E-state index in [0.717, 1.165) is 5.69 Å². The molecule has 0 bridgehead atoms. The number of para-hydroxylation sites is 1. The third kappa shape index (κ3) is 6.71. The molecule has 0 saturated carbocycles. The van der Waals surface area contributed by atoms with Gasteiger partial charge in [0.1, 0.15) is 0 Å². The molecular weight excluding hydrogens is 402 g/mol. The Bertz CT molecular complexity index is 1040. The topological polar surface area (TPSA) is 112 Å². The molecule has 0 fully saturated rings. The molecule has 1 aromatic heterocycles. The summed E-state index contributed by atoms with van der Waals surface area (Å²) in [5, 5.41) is 13.1. The Balaban J connectivity index is 1.46. The van der Waals surface area contributed by atoms with E-state index in [1.54, 1.807) is 36.4 Å². The molecule has 0 saturated heterocycles. The molecule has 30 heavy (non-hydrogen) atoms. The second kappa shape index (κ2) is 10.2. The van der Waals surface area contributed by atoms with Gasteiger partial charge in [-0.25, -0.2) is 9.78 Å². The van der Waals surface area contributed by atoms with E-state index in [4.69, 9.17) is 0 Å². The summed E-state index contributed by atoms with van der Waals surface area (Å²) in [6.07, 6.45) is 0.680. The van der Waals surface area contributed by atoms with Crippen LogP contribution in [0.4, 0.5) is 27.0 Å². The van der Waals surface area contributed by atoms with Gasteiger partial charge in [-0.15, -0.1) is 11.3 Å². The maximum absolute atomic E-state index is 12.2. The maximum atomic E-state index is 12.2. The molecule has 0 aliphatic carbocycles. The van der Waals surface area contributed by atoms with Gasteiger partial charge in [0.15, 0.2) is 5.13 Å². The minimum atomic E-state index is -0.376. The van der Waals surface area contributed by atoms with Crippen LogP contribution in [0.2, 0.25) is 0 Å². The van der Waals surface area contributed by atoms with Crippen molar-refractivity contribution in [2.45, 2.75) is 19.8 Å². The van der Waals surface area contributed by atoms with Crippen LogP contribution in [-0.4, -0.2) is 22.8 Å². The van der Waals surface area contributed by atoms with E-state index in [1.807, 2.05) is 23.6 Å². The Kier molecular flexibility index (Phi) is 7.12. The molecule has 9 heteroatoms. The van der Waals surface area contributed by atoms with E-state index in [9.17, 15) is 14.4 Å². The van der Waals surface area contributed by atoms with Crippen molar-refractivity contribution in [3.8, 4) is 0 Å². The second-order valence-corrected chi connectivity index (χ2v) is 7.26. The van der Waals surface area contributed by atoms with Crippen molar-refractivity contribution in [2.24, 2.45) is 0 Å². The molecule has 2 aromatic carbocycles. The van der Waals surface area contributed by atoms with E-state index >= 15 is 0 Å². The fourth-order valence-corrected chi connectivity index (χ4v) is 3.34. The lowest BCUT2D eigenvalue weighted by Gasteiger charge is -2.07. The van der Waals surface area contributed by atoms with E-state index in [-0.39, 0.29) is 24.3 Å². The van der Waals surface area contributed by atoms with E-state index in [2.05, 4.69) is 26.3 Å². The number of hydrogen-bond donors (Lipinski definition) is 4. The largest absolute Gasteiger partial charge is 0.326 e. The number of amides is 4. The van der Waals surface area contributed by atoms with Gasteiger partial charge in [0.2, 0.25) is 11.8 Å². The summed E-state index contributed by atoms with van der Waals surface area (Å²) in [7, 11) is 0. The number of carbonyl (C=O) groups is 3. The highest BCUT2D eigenvalue weighted by molar-refractivity contribution is 7.13. The van der Waals surface area contributed by atoms with Crippen molar-refractivity contribution >= 4 is 51.4 Å². The van der Waals surface area contributed by atoms with Gasteiger partial charge in [-0.05, 0) is 36.8 Å². The Labute approximate surface area is 177 Å². The minimum absolute atomic E-state index is 0.167. The van der Waals surface area contributed by atoms with Crippen LogP contribution in [0, 0.1) is 0 Å². The zero-order valence-electron chi connectivity index (χ0n) is 16.3. The number of carbonyl (C=O) groups excluding carboxylic acids is 3. The molecule has 0 aliphatic rings. The van der Waals surface area contributed by atoms with Crippen molar-refractivity contribution in [2.75, 3.05) is 21.3 Å². The predicted octanol–water partition coefficient (Wildman–Crippen LogP) is 4.32. The van der Waals surface area contributed by atoms with Gasteiger partial charge in [-0.2, -0.15) is 0 Å². The van der Waals surface area contributed by atoms with Gasteiger partial charge in [0, 0.05) is 35.8 Å². The first-order valence-corrected chi connectivity index (χ1v) is 10.1. The quantitative estimate of drug-likeness (QED) is 0.453. The molecular formula is C21H21N5O3S. The highest BCUT2D eigenvalue weighted by Gasteiger charge is 2.09. The van der Waals surface area contributed by atoms with Gasteiger partial charge in [-0.3, -0.25) is 14.9 Å². The number of aryl methyl sites for hydroxylation is 1. The number of urea groups is 1. The number of aromatic nitrogens is 1. The summed E-state index contributed by atoms with van der Waals surface area (Å²) in [4.78, 5) is 39.7. The number of nitrogens with one attached hydrogen (secondary N) is 4. The molecule has 3 rings (SSSR count). The summed E-state index contributed by atoms with van der Waals surface area (Å²) in [6.45, 7) is 1.42. The third-order valence-electron chi connectivity index (χ3n) is 3.88. The van der Waals surface area contributed by atoms with Gasteiger partial charge in [0.25, 0.3) is 0 Å². The van der Waals surface area contributed by atoms with Crippen molar-refractivity contribution < 1.29 is 14.4 Å². The SMILES string of the molecule is CC(=O)Nc1cccc(NC(=O)CCc2csc(NC(=O)Nc3ccccc3)n2)c1. The zero-order valence-corrected chi connectivity index (χ0v) is 17.1. The average molecular weight is 423 g/mol. The van der Waals surface area contributed by atoms with E-state index in [1.165, 1.54) is 18.3 Å². The number of hydrogen-bond acceptors (Lipinski definition) is 5. The smallest absolute Gasteiger partial charge is 0.325 e. The molecule has 0 radical (unpaired) electrons. The fourth-order valence-electron chi connectivity index (χ4n) is 2.60. The number of nitrogens with zero attached hydrogens (tertiary/aromatic N) is 1. The standard InChI is InChI=1S/C21H21N5O3S/c1-14(27)22-16-8-5-9-17(12-16)23-19(28)11-10-18-13-30-21(25-18)26-20(29)24-15-6-3-2-4-7-15/h2-9,12-13H,10-11H2,1H3,(H,22,27)(H,23,28)(H2,24,25,26,29). The highest BCUT2D eigenvalue weighted by atomic mass is 32.1. The predicted molar refractivity (Wildman–Crippen MR) is 119 cm³/mol. The summed E-state index contributed by atoms with van der Waals surface area (Å²) < 4.78 is 0. The maximum Gasteiger partial charge on any atom is 0.325 e. The Morgan fingerprint density at radius 1 is 0.867 bits per heavy atom. The lowest BCUT2D eigenvalue weighted by Crippen LogP contribution is -2.19. The molecule has 1 heterocycles. The first kappa shape index (κ1) is 21.0. The van der Waals surface area contributed by atoms with Crippen LogP contribution in [0.15, 0.2) is 60.0 Å². The molecule has 8 nitrogen and oxygen atoms in total. The van der Waals surface area contributed by atoms with Gasteiger partial charge in [0.05, 0.1) is 5.69 Å². The summed E-state index contributed by atoms with van der Waals surface area (Å²) >= 11 is 1.30. The van der Waals surface area contributed by atoms with Crippen molar-refractivity contribution in [1.29, 1.82) is 0 Å². The summed E-state index contributed by atoms with van der Waals surface area (Å²) in [6, 6.07) is 15.7. The minimum Gasteiger partial charge on any atom is -0.326 e. The number of rotatable bonds is 7. The van der Waals surface area contributed by atoms with E-state index < -0.39 is 0 Å². The van der Waals surface area contributed by atoms with Crippen molar-refractivity contribution in [3.63, 3.8) is 0 Å². The monoisotopic (exact) mass is 423 g/mol. The Hall–Kier alpha value is -3.72. The highest BCUT2D eigenvalue weighted by Crippen LogP contribution is 2.18. The first-order chi connectivity index (χ1) is 14.5. The lowest BCUT2D eigenvalue weighted by molar-refractivity contribution is -0.116. The van der Waals surface area contributed by atoms with Crippen molar-refractivity contribution in [3.05, 3.63) is 65.7 Å². The molecule has 154 valence electrons. The van der Waals surface area contributed by atoms with Gasteiger partial charge < -0.3 is 16.0 Å². The Morgan fingerprint density at radius 3 is 2.30 bits per heavy atom. The number of anilines is 4. The summed E-state index contributed by atoms with van der Waals surface area (Å²) in [5.41, 5.74) is 2.62. The van der Waals surface area contributed by atoms with Crippen LogP contribution in [0.25, 0.3) is 0 Å². The summed E-state index contributed by atoms with van der Waals surface area (Å²) in [5.74, 6) is -0.344. The van der Waals surface area contributed by atoms with Crippen LogP contribution in [0.1, 0.15) is 19.0 Å². The Morgan fingerprint density at radius 2 is 1.57 bits per heavy atom. The third-order valence-corrected chi connectivity index (χ3v) is 4.69. The van der Waals surface area contributed by atoms with Crippen LogP contribution < -0.4 is 21.3 Å². The van der Waals surface area contributed by atoms with E-state index in [0.29, 0.717) is 28.6 Å². The zero-order chi connectivity index (χ0) is 21.3. The number of benzene rings is 2. The fraction of sp³-hybridized carbons (Fsp3) is 0.143. The van der Waals surface area contributed by atoms with Gasteiger partial charge >= 0.3 is 6.03 Å².